The molecule has 3 aromatic heterocycles. The fourth-order valence-electron chi connectivity index (χ4n) is 5.44. The Kier molecular flexibility index (Phi) is 9.69. The van der Waals surface area contributed by atoms with Crippen LogP contribution in [-0.4, -0.2) is 91.3 Å². The number of morpholine rings is 1. The van der Waals surface area contributed by atoms with Crippen LogP contribution in [0, 0.1) is 0 Å². The molecule has 2 aliphatic heterocycles. The van der Waals surface area contributed by atoms with Crippen molar-refractivity contribution in [2.75, 3.05) is 69.9 Å². The second-order valence-corrected chi connectivity index (χ2v) is 11.2. The van der Waals surface area contributed by atoms with Gasteiger partial charge in [0.05, 0.1) is 38.6 Å². The molecule has 0 spiro atoms. The molecule has 2 saturated heterocycles. The third-order valence-electron chi connectivity index (χ3n) is 8.01. The van der Waals surface area contributed by atoms with Gasteiger partial charge in [0.25, 0.3) is 11.8 Å². The number of anilines is 2. The lowest BCUT2D eigenvalue weighted by Gasteiger charge is -2.33. The maximum Gasteiger partial charge on any atom is 0.275 e. The van der Waals surface area contributed by atoms with Gasteiger partial charge in [0.15, 0.2) is 11.5 Å². The monoisotopic (exact) mass is 634 g/mol. The van der Waals surface area contributed by atoms with Gasteiger partial charge in [-0.2, -0.15) is 0 Å². The fraction of sp³-hybridized carbons (Fsp3) is 0.394. The Morgan fingerprint density at radius 2 is 1.76 bits per heavy atom. The number of aromatic nitrogens is 3. The predicted octanol–water partition coefficient (Wildman–Crippen LogP) is 5.41. The van der Waals surface area contributed by atoms with Gasteiger partial charge in [0.2, 0.25) is 0 Å². The molecule has 1 amide bonds. The van der Waals surface area contributed by atoms with Crippen LogP contribution in [0.3, 0.4) is 0 Å². The Morgan fingerprint density at radius 1 is 0.957 bits per heavy atom. The van der Waals surface area contributed by atoms with Crippen molar-refractivity contribution in [2.24, 2.45) is 0 Å². The van der Waals surface area contributed by atoms with Gasteiger partial charge < -0.3 is 29.2 Å². The number of hydrogen-bond acceptors (Lipinski definition) is 10. The summed E-state index contributed by atoms with van der Waals surface area (Å²) >= 11 is 0. The van der Waals surface area contributed by atoms with E-state index in [-0.39, 0.29) is 31.6 Å². The van der Waals surface area contributed by atoms with Crippen LogP contribution in [0.1, 0.15) is 29.8 Å². The number of fused-ring (bicyclic) bond motifs is 1. The van der Waals surface area contributed by atoms with Crippen molar-refractivity contribution in [2.45, 2.75) is 25.2 Å². The predicted molar refractivity (Wildman–Crippen MR) is 169 cm³/mol. The quantitative estimate of drug-likeness (QED) is 0.215. The van der Waals surface area contributed by atoms with Crippen LogP contribution < -0.4 is 24.4 Å². The van der Waals surface area contributed by atoms with Gasteiger partial charge in [-0.1, -0.05) is 0 Å². The second kappa shape index (κ2) is 14.2. The highest BCUT2D eigenvalue weighted by Gasteiger charge is 2.34. The van der Waals surface area contributed by atoms with E-state index in [1.54, 1.807) is 43.6 Å². The Bertz CT molecular complexity index is 1640. The van der Waals surface area contributed by atoms with E-state index in [1.807, 2.05) is 17.0 Å². The highest BCUT2D eigenvalue weighted by atomic mass is 19.3. The van der Waals surface area contributed by atoms with E-state index in [4.69, 9.17) is 18.9 Å². The molecule has 1 N–H and O–H groups in total. The summed E-state index contributed by atoms with van der Waals surface area (Å²) < 4.78 is 50.4. The van der Waals surface area contributed by atoms with E-state index in [0.29, 0.717) is 46.6 Å². The number of alkyl halides is 2. The lowest BCUT2D eigenvalue weighted by molar-refractivity contribution is -0.0220. The van der Waals surface area contributed by atoms with E-state index in [9.17, 15) is 13.6 Å². The number of ether oxygens (including phenoxy) is 4. The Morgan fingerprint density at radius 3 is 2.52 bits per heavy atom. The number of nitrogens with one attached hydrogen (secondary N) is 1. The van der Waals surface area contributed by atoms with Crippen LogP contribution in [0.4, 0.5) is 20.3 Å². The van der Waals surface area contributed by atoms with E-state index in [0.717, 1.165) is 44.7 Å². The first-order valence-electron chi connectivity index (χ1n) is 15.3. The smallest absolute Gasteiger partial charge is 0.275 e. The highest BCUT2D eigenvalue weighted by molar-refractivity contribution is 6.02. The number of rotatable bonds is 11. The zero-order chi connectivity index (χ0) is 31.9. The number of carbonyl (C=O) groups is 1. The van der Waals surface area contributed by atoms with Crippen molar-refractivity contribution in [1.82, 2.24) is 19.9 Å². The third kappa shape index (κ3) is 7.77. The number of methoxy groups -OCH3 is 1. The van der Waals surface area contributed by atoms with Crippen LogP contribution in [0.25, 0.3) is 10.9 Å². The average molecular weight is 635 g/mol. The molecule has 2 aliphatic rings. The van der Waals surface area contributed by atoms with E-state index in [2.05, 4.69) is 25.2 Å². The van der Waals surface area contributed by atoms with Crippen molar-refractivity contribution in [3.05, 3.63) is 66.7 Å². The van der Waals surface area contributed by atoms with Crippen LogP contribution in [0.5, 0.6) is 23.0 Å². The minimum atomic E-state index is -2.65. The number of hydrogen-bond donors (Lipinski definition) is 1. The number of amides is 1. The second-order valence-electron chi connectivity index (χ2n) is 11.2. The molecule has 0 aliphatic carbocycles. The largest absolute Gasteiger partial charge is 0.493 e. The summed E-state index contributed by atoms with van der Waals surface area (Å²) in [5, 5.41) is 3.46. The summed E-state index contributed by atoms with van der Waals surface area (Å²) in [5.74, 6) is -0.614. The van der Waals surface area contributed by atoms with Gasteiger partial charge in [-0.15, -0.1) is 0 Å². The molecule has 4 aromatic rings. The van der Waals surface area contributed by atoms with Gasteiger partial charge >= 0.3 is 0 Å². The maximum atomic E-state index is 13.6. The number of nitrogens with zero attached hydrogens (tertiary/aromatic N) is 5. The molecule has 0 radical (unpaired) electrons. The zero-order valence-electron chi connectivity index (χ0n) is 25.6. The lowest BCUT2D eigenvalue weighted by Crippen LogP contribution is -2.39. The third-order valence-corrected chi connectivity index (χ3v) is 8.01. The number of carbonyl (C=O) groups excluding carboxylic acids is 1. The minimum absolute atomic E-state index is 0.162. The lowest BCUT2D eigenvalue weighted by atomic mass is 10.1. The summed E-state index contributed by atoms with van der Waals surface area (Å²) in [6, 6.07) is 12.1. The molecular formula is C33H36F2N6O5. The highest BCUT2D eigenvalue weighted by Crippen LogP contribution is 2.37. The number of piperidine rings is 1. The molecule has 11 nitrogen and oxygen atoms in total. The Hall–Kier alpha value is -4.62. The first-order chi connectivity index (χ1) is 22.4. The first-order valence-corrected chi connectivity index (χ1v) is 15.3. The molecule has 242 valence electrons. The normalized spacial score (nSPS) is 16.6. The topological polar surface area (TPSA) is 111 Å². The van der Waals surface area contributed by atoms with Gasteiger partial charge in [-0.25, -0.2) is 13.8 Å². The molecule has 13 heteroatoms. The molecule has 0 atom stereocenters. The summed E-state index contributed by atoms with van der Waals surface area (Å²) in [7, 11) is 1.59. The molecular weight excluding hydrogens is 598 g/mol. The van der Waals surface area contributed by atoms with Gasteiger partial charge in [-0.3, -0.25) is 19.7 Å². The van der Waals surface area contributed by atoms with Crippen molar-refractivity contribution < 1.29 is 32.5 Å². The van der Waals surface area contributed by atoms with Crippen LogP contribution in [0.15, 0.2) is 61.1 Å². The standard InChI is InChI=1S/C33H36F2N6O5/c1-43-29-20-25-26(21-30(29)45-16-2-11-40-14-17-44-18-15-40)36-10-6-28(25)46-24-3-4-31(38-22-24)39-32(42)27-19-23(5-9-37-27)41-12-7-33(34,35)8-13-41/h3-6,9-10,19-22H,2,7-8,11-18H2,1H3,(H,38,39,42). The molecule has 0 unspecified atom stereocenters. The van der Waals surface area contributed by atoms with Crippen LogP contribution in [0.2, 0.25) is 0 Å². The molecule has 46 heavy (non-hydrogen) atoms. The number of halogens is 2. The fourth-order valence-corrected chi connectivity index (χ4v) is 5.44. The number of pyridine rings is 3. The maximum absolute atomic E-state index is 13.6. The summed E-state index contributed by atoms with van der Waals surface area (Å²) in [5.41, 5.74) is 1.52. The molecule has 6 rings (SSSR count). The Labute approximate surface area is 265 Å². The Balaban J connectivity index is 1.07. The van der Waals surface area contributed by atoms with Crippen molar-refractivity contribution in [1.29, 1.82) is 0 Å². The van der Waals surface area contributed by atoms with Gasteiger partial charge in [0, 0.05) is 75.1 Å². The van der Waals surface area contributed by atoms with E-state index >= 15 is 0 Å². The number of benzene rings is 1. The van der Waals surface area contributed by atoms with Crippen molar-refractivity contribution in [3.8, 4) is 23.0 Å². The average Bonchev–Trinajstić information content (AvgIpc) is 3.08. The zero-order valence-corrected chi connectivity index (χ0v) is 25.6. The van der Waals surface area contributed by atoms with Gasteiger partial charge in [0.1, 0.15) is 23.0 Å². The van der Waals surface area contributed by atoms with Crippen molar-refractivity contribution in [3.63, 3.8) is 0 Å². The minimum Gasteiger partial charge on any atom is -0.493 e. The molecule has 0 saturated carbocycles. The summed E-state index contributed by atoms with van der Waals surface area (Å²) in [6.45, 7) is 5.35. The summed E-state index contributed by atoms with van der Waals surface area (Å²) in [6.07, 6.45) is 5.10. The van der Waals surface area contributed by atoms with Crippen LogP contribution >= 0.6 is 0 Å². The molecule has 2 fully saturated rings. The van der Waals surface area contributed by atoms with Crippen LogP contribution in [-0.2, 0) is 4.74 Å². The molecule has 5 heterocycles. The first kappa shape index (κ1) is 31.4. The SMILES string of the molecule is COc1cc2c(Oc3ccc(NC(=O)c4cc(N5CCC(F)(F)CC5)ccn4)nc3)ccnc2cc1OCCCN1CCOCC1. The molecule has 0 bridgehead atoms. The van der Waals surface area contributed by atoms with E-state index in [1.165, 1.54) is 12.4 Å². The van der Waals surface area contributed by atoms with Crippen molar-refractivity contribution >= 4 is 28.3 Å². The summed E-state index contributed by atoms with van der Waals surface area (Å²) in [4.78, 5) is 30.1. The van der Waals surface area contributed by atoms with E-state index < -0.39 is 11.8 Å². The molecule has 1 aromatic carbocycles. The van der Waals surface area contributed by atoms with Gasteiger partial charge in [-0.05, 0) is 42.8 Å².